The van der Waals surface area contributed by atoms with Crippen LogP contribution in [0.5, 0.6) is 0 Å². The molecule has 4 heteroatoms. The van der Waals surface area contributed by atoms with E-state index in [1.807, 2.05) is 0 Å². The first kappa shape index (κ1) is 16.2. The number of nitrogens with one attached hydrogen (secondary N) is 1. The van der Waals surface area contributed by atoms with Gasteiger partial charge >= 0.3 is 0 Å². The van der Waals surface area contributed by atoms with E-state index in [-0.39, 0.29) is 5.41 Å². The summed E-state index contributed by atoms with van der Waals surface area (Å²) in [5.41, 5.74) is 0.289. The Labute approximate surface area is 124 Å². The second-order valence-electron chi connectivity index (χ2n) is 6.62. The highest BCUT2D eigenvalue weighted by Gasteiger charge is 2.34. The lowest BCUT2D eigenvalue weighted by Crippen LogP contribution is -2.49. The molecule has 0 aliphatic carbocycles. The van der Waals surface area contributed by atoms with Crippen LogP contribution in [0.3, 0.4) is 0 Å². The Morgan fingerprint density at radius 1 is 1.25 bits per heavy atom. The first-order chi connectivity index (χ1) is 9.74. The summed E-state index contributed by atoms with van der Waals surface area (Å²) in [5.74, 6) is 0. The molecule has 0 amide bonds. The van der Waals surface area contributed by atoms with Crippen molar-refractivity contribution in [3.05, 3.63) is 0 Å². The van der Waals surface area contributed by atoms with Crippen LogP contribution in [-0.2, 0) is 9.47 Å². The van der Waals surface area contributed by atoms with Crippen LogP contribution in [0.2, 0.25) is 0 Å². The van der Waals surface area contributed by atoms with Crippen LogP contribution < -0.4 is 5.32 Å². The molecule has 0 bridgehead atoms. The van der Waals surface area contributed by atoms with Crippen molar-refractivity contribution in [3.63, 3.8) is 0 Å². The summed E-state index contributed by atoms with van der Waals surface area (Å²) < 4.78 is 11.6. The third-order valence-electron chi connectivity index (χ3n) is 4.55. The van der Waals surface area contributed by atoms with Gasteiger partial charge in [-0.3, -0.25) is 0 Å². The van der Waals surface area contributed by atoms with E-state index in [1.165, 1.54) is 32.1 Å². The molecule has 2 unspecified atom stereocenters. The van der Waals surface area contributed by atoms with E-state index in [9.17, 15) is 0 Å². The second-order valence-corrected chi connectivity index (χ2v) is 6.62. The van der Waals surface area contributed by atoms with Gasteiger partial charge < -0.3 is 19.7 Å². The van der Waals surface area contributed by atoms with E-state index in [1.54, 1.807) is 0 Å². The maximum absolute atomic E-state index is 5.86. The first-order valence-corrected chi connectivity index (χ1v) is 8.33. The number of ether oxygens (including phenoxy) is 2. The quantitative estimate of drug-likeness (QED) is 0.774. The minimum Gasteiger partial charge on any atom is -0.381 e. The smallest absolute Gasteiger partial charge is 0.0701 e. The molecule has 1 N–H and O–H groups in total. The molecule has 2 fully saturated rings. The van der Waals surface area contributed by atoms with Crippen molar-refractivity contribution < 1.29 is 9.47 Å². The van der Waals surface area contributed by atoms with Gasteiger partial charge in [0, 0.05) is 38.3 Å². The molecule has 2 aliphatic rings. The van der Waals surface area contributed by atoms with Crippen molar-refractivity contribution in [1.29, 1.82) is 0 Å². The predicted octanol–water partition coefficient (Wildman–Crippen LogP) is 1.89. The highest BCUT2D eigenvalue weighted by Crippen LogP contribution is 2.29. The molecule has 2 heterocycles. The molecule has 2 atom stereocenters. The van der Waals surface area contributed by atoms with Crippen LogP contribution in [0.4, 0.5) is 0 Å². The highest BCUT2D eigenvalue weighted by atomic mass is 16.5. The largest absolute Gasteiger partial charge is 0.381 e. The first-order valence-electron chi connectivity index (χ1n) is 8.33. The van der Waals surface area contributed by atoms with Crippen molar-refractivity contribution in [1.82, 2.24) is 10.2 Å². The van der Waals surface area contributed by atoms with Crippen LogP contribution in [0.1, 0.15) is 39.0 Å². The summed E-state index contributed by atoms with van der Waals surface area (Å²) in [6, 6.07) is 0. The fraction of sp³-hybridized carbons (Fsp3) is 1.00. The summed E-state index contributed by atoms with van der Waals surface area (Å²) in [6.45, 7) is 9.24. The Hall–Kier alpha value is -0.160. The third-order valence-corrected chi connectivity index (χ3v) is 4.55. The van der Waals surface area contributed by atoms with E-state index >= 15 is 0 Å². The van der Waals surface area contributed by atoms with Crippen LogP contribution in [0.15, 0.2) is 0 Å². The van der Waals surface area contributed by atoms with Gasteiger partial charge in [-0.25, -0.2) is 0 Å². The maximum atomic E-state index is 5.86. The lowest BCUT2D eigenvalue weighted by Gasteiger charge is -2.41. The van der Waals surface area contributed by atoms with Gasteiger partial charge in [0.25, 0.3) is 0 Å². The zero-order valence-electron chi connectivity index (χ0n) is 13.3. The van der Waals surface area contributed by atoms with Gasteiger partial charge in [0.1, 0.15) is 0 Å². The van der Waals surface area contributed by atoms with Crippen LogP contribution in [-0.4, -0.2) is 64.1 Å². The number of hydrogen-bond acceptors (Lipinski definition) is 4. The van der Waals surface area contributed by atoms with E-state index in [2.05, 4.69) is 24.2 Å². The lowest BCUT2D eigenvalue weighted by molar-refractivity contribution is -0.0405. The molecule has 0 spiro atoms. The molecule has 0 aromatic carbocycles. The van der Waals surface area contributed by atoms with Gasteiger partial charge in [0.05, 0.1) is 12.7 Å². The molecular formula is C16H32N2O2. The molecule has 0 aromatic rings. The standard InChI is InChI=1S/C16H32N2O2/c1-3-17-12-16(8-6-9-19-14-16)13-18(2)11-15-7-4-5-10-20-15/h15,17H,3-14H2,1-2H3. The molecule has 2 saturated heterocycles. The monoisotopic (exact) mass is 284 g/mol. The van der Waals surface area contributed by atoms with Crippen LogP contribution >= 0.6 is 0 Å². The minimum atomic E-state index is 0.289. The van der Waals surface area contributed by atoms with Crippen molar-refractivity contribution in [2.45, 2.75) is 45.1 Å². The third kappa shape index (κ3) is 4.99. The molecular weight excluding hydrogens is 252 g/mol. The SMILES string of the molecule is CCNCC1(CN(C)CC2CCCCO2)CCCOC1. The zero-order valence-corrected chi connectivity index (χ0v) is 13.3. The molecule has 20 heavy (non-hydrogen) atoms. The number of nitrogens with zero attached hydrogens (tertiary/aromatic N) is 1. The lowest BCUT2D eigenvalue weighted by atomic mass is 9.81. The average Bonchev–Trinajstić information content (AvgIpc) is 2.47. The summed E-state index contributed by atoms with van der Waals surface area (Å²) in [4.78, 5) is 2.46. The van der Waals surface area contributed by atoms with Crippen molar-refractivity contribution in [2.24, 2.45) is 5.41 Å². The fourth-order valence-corrected chi connectivity index (χ4v) is 3.56. The number of likely N-dealkylation sites (N-methyl/N-ethyl adjacent to an activating group) is 1. The second kappa shape index (κ2) is 8.32. The summed E-state index contributed by atoms with van der Waals surface area (Å²) in [6.07, 6.45) is 6.69. The van der Waals surface area contributed by atoms with Gasteiger partial charge in [0.2, 0.25) is 0 Å². The number of rotatable bonds is 7. The van der Waals surface area contributed by atoms with Gasteiger partial charge in [-0.2, -0.15) is 0 Å². The predicted molar refractivity (Wildman–Crippen MR) is 82.1 cm³/mol. The summed E-state index contributed by atoms with van der Waals surface area (Å²) in [5, 5.41) is 3.53. The van der Waals surface area contributed by atoms with Gasteiger partial charge in [0.15, 0.2) is 0 Å². The Morgan fingerprint density at radius 3 is 2.80 bits per heavy atom. The molecule has 2 aliphatic heterocycles. The van der Waals surface area contributed by atoms with Crippen LogP contribution in [0, 0.1) is 5.41 Å². The molecule has 0 saturated carbocycles. The van der Waals surface area contributed by atoms with Crippen molar-refractivity contribution in [2.75, 3.05) is 53.0 Å². The van der Waals surface area contributed by atoms with Gasteiger partial charge in [-0.15, -0.1) is 0 Å². The van der Waals surface area contributed by atoms with E-state index in [0.29, 0.717) is 6.10 Å². The van der Waals surface area contributed by atoms with E-state index < -0.39 is 0 Å². The normalized spacial score (nSPS) is 31.6. The Balaban J connectivity index is 1.82. The van der Waals surface area contributed by atoms with E-state index in [0.717, 1.165) is 46.0 Å². The van der Waals surface area contributed by atoms with E-state index in [4.69, 9.17) is 9.47 Å². The minimum absolute atomic E-state index is 0.289. The van der Waals surface area contributed by atoms with Gasteiger partial charge in [-0.05, 0) is 45.7 Å². The highest BCUT2D eigenvalue weighted by molar-refractivity contribution is 4.87. The van der Waals surface area contributed by atoms with Crippen LogP contribution in [0.25, 0.3) is 0 Å². The molecule has 0 aromatic heterocycles. The molecule has 2 rings (SSSR count). The Bertz CT molecular complexity index is 261. The molecule has 118 valence electrons. The topological polar surface area (TPSA) is 33.7 Å². The Kier molecular flexibility index (Phi) is 6.75. The van der Waals surface area contributed by atoms with Crippen molar-refractivity contribution in [3.8, 4) is 0 Å². The average molecular weight is 284 g/mol. The molecule has 0 radical (unpaired) electrons. The fourth-order valence-electron chi connectivity index (χ4n) is 3.56. The maximum Gasteiger partial charge on any atom is 0.0701 e. The Morgan fingerprint density at radius 2 is 2.15 bits per heavy atom. The zero-order chi connectivity index (χ0) is 14.3. The summed E-state index contributed by atoms with van der Waals surface area (Å²) in [7, 11) is 2.24. The molecule has 4 nitrogen and oxygen atoms in total. The number of hydrogen-bond donors (Lipinski definition) is 1. The van der Waals surface area contributed by atoms with Crippen molar-refractivity contribution >= 4 is 0 Å². The summed E-state index contributed by atoms with van der Waals surface area (Å²) >= 11 is 0. The van der Waals surface area contributed by atoms with Gasteiger partial charge in [-0.1, -0.05) is 6.92 Å².